The monoisotopic (exact) mass is 426 g/mol. The Bertz CT molecular complexity index is 533. The first-order valence-corrected chi connectivity index (χ1v) is 11.4. The third kappa shape index (κ3) is 14.8. The van der Waals surface area contributed by atoms with Gasteiger partial charge in [-0.05, 0) is 13.3 Å². The van der Waals surface area contributed by atoms with E-state index in [1.54, 1.807) is 0 Å². The van der Waals surface area contributed by atoms with Crippen LogP contribution >= 0.6 is 0 Å². The van der Waals surface area contributed by atoms with E-state index < -0.39 is 40.0 Å². The molecule has 0 saturated carbocycles. The Morgan fingerprint density at radius 2 is 1.43 bits per heavy atom. The lowest BCUT2D eigenvalue weighted by Crippen LogP contribution is -2.33. The van der Waals surface area contributed by atoms with Crippen molar-refractivity contribution in [3.63, 3.8) is 0 Å². The van der Waals surface area contributed by atoms with Gasteiger partial charge in [0.25, 0.3) is 10.1 Å². The average Bonchev–Trinajstić information content (AvgIpc) is 2.61. The minimum Gasteiger partial charge on any atom is -0.480 e. The van der Waals surface area contributed by atoms with E-state index in [-0.39, 0.29) is 0 Å². The van der Waals surface area contributed by atoms with E-state index in [0.717, 1.165) is 19.3 Å². The summed E-state index contributed by atoms with van der Waals surface area (Å²) in [6.45, 7) is 4.11. The van der Waals surface area contributed by atoms with Crippen molar-refractivity contribution in [2.75, 3.05) is 6.61 Å². The molecule has 0 bridgehead atoms. The Labute approximate surface area is 167 Å². The first kappa shape index (κ1) is 26.8. The van der Waals surface area contributed by atoms with Gasteiger partial charge in [-0.3, -0.25) is 14.2 Å². The van der Waals surface area contributed by atoms with E-state index in [0.29, 0.717) is 6.61 Å². The topological polar surface area (TPSA) is 136 Å². The molecule has 0 saturated heterocycles. The summed E-state index contributed by atoms with van der Waals surface area (Å²) >= 11 is 0. The zero-order valence-corrected chi connectivity index (χ0v) is 17.6. The lowest BCUT2D eigenvalue weighted by molar-refractivity contribution is -0.346. The Kier molecular flexibility index (Phi) is 15.0. The third-order valence-corrected chi connectivity index (χ3v) is 5.20. The molecule has 0 amide bonds. The maximum atomic E-state index is 11.4. The van der Waals surface area contributed by atoms with Crippen molar-refractivity contribution < 1.29 is 42.2 Å². The highest BCUT2D eigenvalue weighted by molar-refractivity contribution is 7.87. The normalized spacial score (nSPS) is 13.8. The molecule has 0 rings (SSSR count). The van der Waals surface area contributed by atoms with E-state index in [4.69, 9.17) is 14.4 Å². The minimum absolute atomic E-state index is 0.415. The third-order valence-electron chi connectivity index (χ3n) is 4.11. The second-order valence-corrected chi connectivity index (χ2v) is 8.32. The quantitative estimate of drug-likeness (QED) is 0.111. The van der Waals surface area contributed by atoms with Crippen LogP contribution in [-0.2, 0) is 34.2 Å². The number of rotatable bonds is 18. The lowest BCUT2D eigenvalue weighted by Gasteiger charge is -2.13. The van der Waals surface area contributed by atoms with Crippen molar-refractivity contribution in [2.45, 2.75) is 96.0 Å². The van der Waals surface area contributed by atoms with E-state index in [2.05, 4.69) is 16.7 Å². The van der Waals surface area contributed by atoms with Crippen molar-refractivity contribution in [3.05, 3.63) is 0 Å². The van der Waals surface area contributed by atoms with Crippen LogP contribution in [0, 0.1) is 0 Å². The molecule has 0 aliphatic rings. The predicted molar refractivity (Wildman–Crippen MR) is 102 cm³/mol. The number of carbonyl (C=O) groups is 2. The number of carboxylic acid groups (broad SMARTS) is 1. The Hall–Kier alpha value is -1.23. The summed E-state index contributed by atoms with van der Waals surface area (Å²) in [5, 5.41) is 6.39. The summed E-state index contributed by atoms with van der Waals surface area (Å²) in [4.78, 5) is 31.1. The van der Waals surface area contributed by atoms with Crippen molar-refractivity contribution >= 4 is 22.1 Å². The number of hydrogen-bond donors (Lipinski definition) is 2. The van der Waals surface area contributed by atoms with Crippen LogP contribution in [0.15, 0.2) is 0 Å². The van der Waals surface area contributed by atoms with E-state index >= 15 is 0 Å². The van der Waals surface area contributed by atoms with Crippen LogP contribution < -0.4 is 0 Å². The van der Waals surface area contributed by atoms with E-state index in [1.807, 2.05) is 0 Å². The van der Waals surface area contributed by atoms with Crippen LogP contribution in [0.1, 0.15) is 84.5 Å². The van der Waals surface area contributed by atoms with Crippen LogP contribution in [0.5, 0.6) is 0 Å². The molecule has 0 fully saturated rings. The van der Waals surface area contributed by atoms with Crippen LogP contribution in [0.3, 0.4) is 0 Å². The SMILES string of the molecule is CCCCCCCCCCCCOC(C)OOC(=O)CC(C(=O)O)S(=O)(=O)O. The van der Waals surface area contributed by atoms with Gasteiger partial charge in [0.05, 0.1) is 6.42 Å². The van der Waals surface area contributed by atoms with Crippen molar-refractivity contribution in [2.24, 2.45) is 0 Å². The fourth-order valence-corrected chi connectivity index (χ4v) is 3.09. The standard InChI is InChI=1S/C18H34O9S/c1-3-4-5-6-7-8-9-10-11-12-13-25-15(2)26-27-17(19)14-16(18(20)21)28(22,23)24/h15-16H,3-14H2,1-2H3,(H,20,21)(H,22,23,24). The summed E-state index contributed by atoms with van der Waals surface area (Å²) in [6, 6.07) is 0. The molecule has 10 heteroatoms. The van der Waals surface area contributed by atoms with Crippen LogP contribution in [-0.4, -0.2) is 48.2 Å². The molecule has 9 nitrogen and oxygen atoms in total. The van der Waals surface area contributed by atoms with E-state index in [1.165, 1.54) is 51.9 Å². The molecule has 0 aliphatic carbocycles. The number of aliphatic carboxylic acids is 1. The van der Waals surface area contributed by atoms with Crippen LogP contribution in [0.4, 0.5) is 0 Å². The highest BCUT2D eigenvalue weighted by Crippen LogP contribution is 2.11. The van der Waals surface area contributed by atoms with Gasteiger partial charge in [-0.2, -0.15) is 13.3 Å². The Morgan fingerprint density at radius 3 is 1.89 bits per heavy atom. The predicted octanol–water partition coefficient (Wildman–Crippen LogP) is 3.48. The molecule has 0 aliphatic heterocycles. The van der Waals surface area contributed by atoms with Gasteiger partial charge in [0, 0.05) is 6.61 Å². The van der Waals surface area contributed by atoms with Crippen molar-refractivity contribution in [1.82, 2.24) is 0 Å². The molecule has 2 unspecified atom stereocenters. The van der Waals surface area contributed by atoms with Gasteiger partial charge in [0.1, 0.15) is 0 Å². The molecule has 0 spiro atoms. The molecule has 0 aromatic rings. The Balaban J connectivity index is 3.70. The first-order valence-electron chi connectivity index (χ1n) is 9.85. The fourth-order valence-electron chi connectivity index (χ4n) is 2.49. The molecule has 0 aromatic carbocycles. The smallest absolute Gasteiger partial charge is 0.344 e. The van der Waals surface area contributed by atoms with Gasteiger partial charge in [-0.15, -0.1) is 0 Å². The lowest BCUT2D eigenvalue weighted by atomic mass is 10.1. The Morgan fingerprint density at radius 1 is 0.929 bits per heavy atom. The summed E-state index contributed by atoms with van der Waals surface area (Å²) in [5.74, 6) is -3.09. The zero-order chi connectivity index (χ0) is 21.4. The molecule has 2 N–H and O–H groups in total. The van der Waals surface area contributed by atoms with Gasteiger partial charge in [0.15, 0.2) is 11.5 Å². The molecule has 0 heterocycles. The molecule has 28 heavy (non-hydrogen) atoms. The van der Waals surface area contributed by atoms with Gasteiger partial charge >= 0.3 is 11.9 Å². The maximum absolute atomic E-state index is 11.4. The summed E-state index contributed by atoms with van der Waals surface area (Å²) < 4.78 is 35.8. The zero-order valence-electron chi connectivity index (χ0n) is 16.8. The van der Waals surface area contributed by atoms with Gasteiger partial charge < -0.3 is 9.84 Å². The maximum Gasteiger partial charge on any atom is 0.344 e. The second-order valence-electron chi connectivity index (χ2n) is 6.72. The van der Waals surface area contributed by atoms with E-state index in [9.17, 15) is 18.0 Å². The summed E-state index contributed by atoms with van der Waals surface area (Å²) in [7, 11) is -4.92. The molecule has 2 atom stereocenters. The summed E-state index contributed by atoms with van der Waals surface area (Å²) in [5.41, 5.74) is 0. The second kappa shape index (κ2) is 15.7. The minimum atomic E-state index is -4.92. The highest BCUT2D eigenvalue weighted by Gasteiger charge is 2.34. The van der Waals surface area contributed by atoms with Crippen molar-refractivity contribution in [3.8, 4) is 0 Å². The fraction of sp³-hybridized carbons (Fsp3) is 0.889. The molecular formula is C18H34O9S. The highest BCUT2D eigenvalue weighted by atomic mass is 32.2. The number of unbranched alkanes of at least 4 members (excludes halogenated alkanes) is 9. The van der Waals surface area contributed by atoms with Crippen LogP contribution in [0.2, 0.25) is 0 Å². The molecule has 0 aromatic heterocycles. The van der Waals surface area contributed by atoms with Gasteiger partial charge in [-0.1, -0.05) is 64.7 Å². The van der Waals surface area contributed by atoms with Gasteiger partial charge in [-0.25, -0.2) is 4.79 Å². The number of ether oxygens (including phenoxy) is 1. The molecule has 0 radical (unpaired) electrons. The van der Waals surface area contributed by atoms with Crippen LogP contribution in [0.25, 0.3) is 0 Å². The number of hydrogen-bond acceptors (Lipinski definition) is 7. The number of carboxylic acids is 1. The molecular weight excluding hydrogens is 392 g/mol. The molecule has 166 valence electrons. The summed E-state index contributed by atoms with van der Waals surface area (Å²) in [6.07, 6.45) is 9.98. The largest absolute Gasteiger partial charge is 0.480 e. The average molecular weight is 427 g/mol. The van der Waals surface area contributed by atoms with Crippen molar-refractivity contribution in [1.29, 1.82) is 0 Å². The first-order chi connectivity index (χ1) is 13.2. The number of carbonyl (C=O) groups excluding carboxylic acids is 1. The van der Waals surface area contributed by atoms with Gasteiger partial charge in [0.2, 0.25) is 0 Å².